The lowest BCUT2D eigenvalue weighted by molar-refractivity contribution is -0.236. The zero-order chi connectivity index (χ0) is 35.2. The molecule has 0 aromatic heterocycles. The molecule has 5 saturated carbocycles. The molecule has 0 amide bonds. The van der Waals surface area contributed by atoms with E-state index in [0.29, 0.717) is 48.4 Å². The van der Waals surface area contributed by atoms with Crippen molar-refractivity contribution in [2.45, 2.75) is 157 Å². The third kappa shape index (κ3) is 6.70. The molecule has 0 spiro atoms. The third-order valence-electron chi connectivity index (χ3n) is 15.8. The highest BCUT2D eigenvalue weighted by Gasteiger charge is 2.72. The number of unbranched alkanes of at least 4 members (excludes halogenated alkanes) is 7. The Balaban J connectivity index is 1.19. The van der Waals surface area contributed by atoms with Crippen LogP contribution in [0.15, 0.2) is 12.2 Å². The fraction of sp³-hybridized carbons (Fsp3) is 0.900. The minimum absolute atomic E-state index is 0.0614. The first-order chi connectivity index (χ1) is 22.4. The molecule has 0 saturated heterocycles. The summed E-state index contributed by atoms with van der Waals surface area (Å²) in [7, 11) is -4.35. The first-order valence-electron chi connectivity index (χ1n) is 19.5. The van der Waals surface area contributed by atoms with Crippen LogP contribution in [0.3, 0.4) is 0 Å². The fourth-order valence-corrected chi connectivity index (χ4v) is 13.4. The standard InChI is InChI=1S/C40H67O7P/c1-28(2)29-18-23-40(35(42)46-26-14-12-10-8-9-11-13-15-27-47-48(43,44)45)25-24-38(6)30(34(29)40)16-17-32-37(5)21-20-33(41)36(3,4)31(37)19-22-39(32,38)7/h29-32,34H,1,8-27H2,2-7H3,(H2,43,44,45)/t29-,30+,31-,32+,34+,37-,38+,39+,40-/m0/s1. The van der Waals surface area contributed by atoms with Crippen molar-refractivity contribution in [3.05, 3.63) is 12.2 Å². The maximum absolute atomic E-state index is 14.2. The van der Waals surface area contributed by atoms with Gasteiger partial charge in [-0.05, 0) is 123 Å². The molecule has 0 bridgehead atoms. The van der Waals surface area contributed by atoms with E-state index in [1.807, 2.05) is 0 Å². The molecule has 48 heavy (non-hydrogen) atoms. The van der Waals surface area contributed by atoms with Gasteiger partial charge in [0.15, 0.2) is 0 Å². The van der Waals surface area contributed by atoms with Gasteiger partial charge in [0.2, 0.25) is 0 Å². The molecular weight excluding hydrogens is 623 g/mol. The zero-order valence-electron chi connectivity index (χ0n) is 31.1. The molecule has 5 aliphatic carbocycles. The lowest BCUT2D eigenvalue weighted by Crippen LogP contribution is -2.66. The summed E-state index contributed by atoms with van der Waals surface area (Å²) in [5, 5.41) is 0. The Hall–Kier alpha value is -1.01. The van der Waals surface area contributed by atoms with Crippen molar-refractivity contribution in [3.8, 4) is 0 Å². The van der Waals surface area contributed by atoms with E-state index in [4.69, 9.17) is 14.5 Å². The van der Waals surface area contributed by atoms with Gasteiger partial charge in [0.1, 0.15) is 5.78 Å². The average Bonchev–Trinajstić information content (AvgIpc) is 3.41. The van der Waals surface area contributed by atoms with Crippen LogP contribution in [0.1, 0.15) is 157 Å². The van der Waals surface area contributed by atoms with Crippen molar-refractivity contribution in [3.63, 3.8) is 0 Å². The molecule has 0 aliphatic heterocycles. The molecule has 0 aromatic carbocycles. The third-order valence-corrected chi connectivity index (χ3v) is 16.3. The lowest BCUT2D eigenvalue weighted by Gasteiger charge is -2.72. The van der Waals surface area contributed by atoms with Crippen LogP contribution in [0.25, 0.3) is 0 Å². The quantitative estimate of drug-likeness (QED) is 0.0808. The second kappa shape index (κ2) is 14.2. The van der Waals surface area contributed by atoms with E-state index < -0.39 is 7.82 Å². The van der Waals surface area contributed by atoms with Gasteiger partial charge >= 0.3 is 13.8 Å². The highest BCUT2D eigenvalue weighted by Crippen LogP contribution is 2.77. The van der Waals surface area contributed by atoms with E-state index >= 15 is 0 Å². The van der Waals surface area contributed by atoms with Gasteiger partial charge < -0.3 is 14.5 Å². The number of hydrogen-bond donors (Lipinski definition) is 2. The minimum Gasteiger partial charge on any atom is -0.465 e. The van der Waals surface area contributed by atoms with E-state index in [1.54, 1.807) is 0 Å². The number of allylic oxidation sites excluding steroid dienone is 1. The van der Waals surface area contributed by atoms with Crippen molar-refractivity contribution in [1.29, 1.82) is 0 Å². The number of phosphoric acid groups is 1. The number of fused-ring (bicyclic) bond motifs is 7. The number of rotatable bonds is 14. The summed E-state index contributed by atoms with van der Waals surface area (Å²) in [4.78, 5) is 44.9. The Morgan fingerprint density at radius 2 is 1.42 bits per heavy atom. The van der Waals surface area contributed by atoms with Crippen LogP contribution in [0.5, 0.6) is 0 Å². The first kappa shape index (κ1) is 38.2. The summed E-state index contributed by atoms with van der Waals surface area (Å²) in [6, 6.07) is 0. The summed E-state index contributed by atoms with van der Waals surface area (Å²) in [5.74, 6) is 2.77. The molecule has 5 fully saturated rings. The van der Waals surface area contributed by atoms with Crippen LogP contribution in [0, 0.1) is 56.7 Å². The van der Waals surface area contributed by atoms with E-state index in [2.05, 4.69) is 52.6 Å². The lowest BCUT2D eigenvalue weighted by atomic mass is 9.32. The van der Waals surface area contributed by atoms with E-state index in [9.17, 15) is 14.2 Å². The number of carbonyl (C=O) groups is 2. The zero-order valence-corrected chi connectivity index (χ0v) is 32.0. The maximum atomic E-state index is 14.2. The molecule has 0 unspecified atom stereocenters. The Bertz CT molecular complexity index is 1260. The van der Waals surface area contributed by atoms with E-state index in [1.165, 1.54) is 24.8 Å². The highest BCUT2D eigenvalue weighted by molar-refractivity contribution is 7.46. The molecule has 0 aromatic rings. The number of esters is 1. The van der Waals surface area contributed by atoms with Crippen LogP contribution in [-0.2, 0) is 23.4 Å². The highest BCUT2D eigenvalue weighted by atomic mass is 31.2. The number of Topliss-reactive ketones (excluding diaryl/α,β-unsaturated/α-hetero) is 1. The number of carbonyl (C=O) groups excluding carboxylic acids is 2. The van der Waals surface area contributed by atoms with Crippen molar-refractivity contribution in [2.75, 3.05) is 13.2 Å². The predicted octanol–water partition coefficient (Wildman–Crippen LogP) is 9.99. The topological polar surface area (TPSA) is 110 Å². The Morgan fingerprint density at radius 3 is 2.04 bits per heavy atom. The van der Waals surface area contributed by atoms with Gasteiger partial charge in [-0.25, -0.2) is 4.57 Å². The molecule has 0 radical (unpaired) electrons. The average molecular weight is 691 g/mol. The van der Waals surface area contributed by atoms with Crippen molar-refractivity contribution < 1.29 is 33.2 Å². The molecule has 9 atom stereocenters. The van der Waals surface area contributed by atoms with E-state index in [0.717, 1.165) is 89.9 Å². The van der Waals surface area contributed by atoms with Crippen LogP contribution < -0.4 is 0 Å². The van der Waals surface area contributed by atoms with Gasteiger partial charge in [0.25, 0.3) is 0 Å². The molecule has 0 heterocycles. The van der Waals surface area contributed by atoms with Crippen molar-refractivity contribution in [1.82, 2.24) is 0 Å². The van der Waals surface area contributed by atoms with Gasteiger partial charge in [-0.3, -0.25) is 14.1 Å². The van der Waals surface area contributed by atoms with Gasteiger partial charge in [-0.15, -0.1) is 0 Å². The van der Waals surface area contributed by atoms with E-state index in [-0.39, 0.29) is 39.7 Å². The van der Waals surface area contributed by atoms with Gasteiger partial charge in [0.05, 0.1) is 18.6 Å². The fourth-order valence-electron chi connectivity index (χ4n) is 13.1. The molecule has 7 nitrogen and oxygen atoms in total. The first-order valence-corrected chi connectivity index (χ1v) is 21.0. The van der Waals surface area contributed by atoms with Crippen LogP contribution >= 0.6 is 7.82 Å². The number of ether oxygens (including phenoxy) is 1. The summed E-state index contributed by atoms with van der Waals surface area (Å²) in [5.41, 5.74) is 1.17. The second-order valence-electron chi connectivity index (χ2n) is 18.3. The van der Waals surface area contributed by atoms with Crippen molar-refractivity contribution >= 4 is 19.6 Å². The summed E-state index contributed by atoms with van der Waals surface area (Å²) in [6.45, 7) is 19.5. The second-order valence-corrected chi connectivity index (χ2v) is 19.5. The SMILES string of the molecule is C=C(C)[C@@H]1CC[C@]2(C(=O)OCCCCCCCCCCOP(=O)(O)O)CC[C@]3(C)[C@H](CC[C@@H]4[C@@]5(C)CCC(=O)C(C)(C)[C@@H]5CC[C@]43C)[C@@H]12. The molecule has 274 valence electrons. The monoisotopic (exact) mass is 690 g/mol. The smallest absolute Gasteiger partial charge is 0.465 e. The van der Waals surface area contributed by atoms with Crippen LogP contribution in [0.4, 0.5) is 0 Å². The van der Waals surface area contributed by atoms with Crippen LogP contribution in [-0.4, -0.2) is 34.8 Å². The predicted molar refractivity (Wildman–Crippen MR) is 190 cm³/mol. The maximum Gasteiger partial charge on any atom is 0.469 e. The molecule has 5 rings (SSSR count). The van der Waals surface area contributed by atoms with Crippen molar-refractivity contribution in [2.24, 2.45) is 56.7 Å². The molecular formula is C40H67O7P. The Kier molecular flexibility index (Phi) is 11.3. The molecule has 2 N–H and O–H groups in total. The minimum atomic E-state index is -4.35. The van der Waals surface area contributed by atoms with Gasteiger partial charge in [-0.2, -0.15) is 0 Å². The number of hydrogen-bond acceptors (Lipinski definition) is 5. The van der Waals surface area contributed by atoms with Gasteiger partial charge in [-0.1, -0.05) is 85.3 Å². The summed E-state index contributed by atoms with van der Waals surface area (Å²) < 4.78 is 21.5. The normalized spacial score (nSPS) is 40.3. The molecule has 5 aliphatic rings. The molecule has 8 heteroatoms. The summed E-state index contributed by atoms with van der Waals surface area (Å²) in [6.07, 6.45) is 18.3. The van der Waals surface area contributed by atoms with Gasteiger partial charge in [0, 0.05) is 11.8 Å². The summed E-state index contributed by atoms with van der Waals surface area (Å²) >= 11 is 0. The Morgan fingerprint density at radius 1 is 0.792 bits per heavy atom. The van der Waals surface area contributed by atoms with Crippen LogP contribution in [0.2, 0.25) is 0 Å². The number of phosphoric ester groups is 1. The Labute approximate surface area is 291 Å². The largest absolute Gasteiger partial charge is 0.469 e. The number of ketones is 1.